The van der Waals surface area contributed by atoms with E-state index in [1.54, 1.807) is 0 Å². The molecule has 1 saturated carbocycles. The van der Waals surface area contributed by atoms with Crippen molar-refractivity contribution in [2.24, 2.45) is 5.41 Å². The van der Waals surface area contributed by atoms with Gasteiger partial charge >= 0.3 is 0 Å². The third-order valence-electron chi connectivity index (χ3n) is 4.21. The Morgan fingerprint density at radius 1 is 1.32 bits per heavy atom. The third-order valence-corrected chi connectivity index (χ3v) is 4.21. The van der Waals surface area contributed by atoms with Crippen LogP contribution in [0.25, 0.3) is 0 Å². The van der Waals surface area contributed by atoms with E-state index in [2.05, 4.69) is 6.07 Å². The molecule has 3 nitrogen and oxygen atoms in total. The zero-order chi connectivity index (χ0) is 13.3. The van der Waals surface area contributed by atoms with Crippen molar-refractivity contribution in [2.75, 3.05) is 6.61 Å². The highest BCUT2D eigenvalue weighted by atomic mass is 16.5. The molecule has 1 fully saturated rings. The average molecular weight is 255 g/mol. The lowest BCUT2D eigenvalue weighted by atomic mass is 9.90. The molecule has 3 rings (SSSR count). The van der Waals surface area contributed by atoms with Crippen LogP contribution in [0.15, 0.2) is 18.2 Å². The van der Waals surface area contributed by atoms with E-state index >= 15 is 0 Å². The first kappa shape index (κ1) is 12.2. The third kappa shape index (κ3) is 2.35. The minimum absolute atomic E-state index is 0.0795. The molecular weight excluding hydrogens is 238 g/mol. The summed E-state index contributed by atoms with van der Waals surface area (Å²) in [6, 6.07) is 7.97. The standard InChI is InChI=1S/C16H17NO2/c17-10-9-16(7-8-16)11-19-15-6-2-3-12-13(15)4-1-5-14(12)18/h2-3,6H,1,4-5,7-9,11H2. The maximum Gasteiger partial charge on any atom is 0.163 e. The van der Waals surface area contributed by atoms with Crippen molar-refractivity contribution in [1.29, 1.82) is 5.26 Å². The molecule has 19 heavy (non-hydrogen) atoms. The van der Waals surface area contributed by atoms with Crippen LogP contribution in [-0.2, 0) is 6.42 Å². The lowest BCUT2D eigenvalue weighted by molar-refractivity contribution is 0.0971. The summed E-state index contributed by atoms with van der Waals surface area (Å²) in [5, 5.41) is 8.82. The predicted molar refractivity (Wildman–Crippen MR) is 71.1 cm³/mol. The lowest BCUT2D eigenvalue weighted by Crippen LogP contribution is -2.16. The molecule has 0 saturated heterocycles. The summed E-state index contributed by atoms with van der Waals surface area (Å²) in [7, 11) is 0. The van der Waals surface area contributed by atoms with Gasteiger partial charge < -0.3 is 4.74 Å². The summed E-state index contributed by atoms with van der Waals surface area (Å²) < 4.78 is 5.93. The Balaban J connectivity index is 1.77. The van der Waals surface area contributed by atoms with E-state index in [-0.39, 0.29) is 11.2 Å². The fraction of sp³-hybridized carbons (Fsp3) is 0.500. The average Bonchev–Trinajstić information content (AvgIpc) is 3.18. The molecule has 0 radical (unpaired) electrons. The SMILES string of the molecule is N#CCC1(COc2cccc3c2CCCC3=O)CC1. The fourth-order valence-corrected chi connectivity index (χ4v) is 2.73. The first-order valence-electron chi connectivity index (χ1n) is 6.89. The van der Waals surface area contributed by atoms with Crippen molar-refractivity contribution < 1.29 is 9.53 Å². The number of fused-ring (bicyclic) bond motifs is 1. The minimum Gasteiger partial charge on any atom is -0.493 e. The fourth-order valence-electron chi connectivity index (χ4n) is 2.73. The topological polar surface area (TPSA) is 50.1 Å². The van der Waals surface area contributed by atoms with Crippen LogP contribution in [0.4, 0.5) is 0 Å². The summed E-state index contributed by atoms with van der Waals surface area (Å²) in [6.45, 7) is 0.602. The molecule has 0 aliphatic heterocycles. The Kier molecular flexibility index (Phi) is 3.02. The second-order valence-corrected chi connectivity index (χ2v) is 5.68. The van der Waals surface area contributed by atoms with Gasteiger partial charge in [-0.05, 0) is 31.7 Å². The normalized spacial score (nSPS) is 19.4. The van der Waals surface area contributed by atoms with E-state index in [0.29, 0.717) is 19.4 Å². The van der Waals surface area contributed by atoms with Gasteiger partial charge in [-0.25, -0.2) is 0 Å². The highest BCUT2D eigenvalue weighted by Gasteiger charge is 2.43. The van der Waals surface area contributed by atoms with Crippen LogP contribution in [0, 0.1) is 16.7 Å². The number of ketones is 1. The van der Waals surface area contributed by atoms with Crippen molar-refractivity contribution in [2.45, 2.75) is 38.5 Å². The molecule has 0 N–H and O–H groups in total. The Morgan fingerprint density at radius 3 is 2.89 bits per heavy atom. The van der Waals surface area contributed by atoms with E-state index in [4.69, 9.17) is 10.00 Å². The van der Waals surface area contributed by atoms with Crippen molar-refractivity contribution in [3.8, 4) is 11.8 Å². The summed E-state index contributed by atoms with van der Waals surface area (Å²) in [5.74, 6) is 1.07. The van der Waals surface area contributed by atoms with Gasteiger partial charge in [0.25, 0.3) is 0 Å². The molecule has 0 aromatic heterocycles. The van der Waals surface area contributed by atoms with E-state index < -0.39 is 0 Å². The number of rotatable bonds is 4. The summed E-state index contributed by atoms with van der Waals surface area (Å²) in [4.78, 5) is 11.9. The second kappa shape index (κ2) is 4.70. The van der Waals surface area contributed by atoms with Gasteiger partial charge in [0.1, 0.15) is 5.75 Å². The van der Waals surface area contributed by atoms with Crippen LogP contribution in [0.2, 0.25) is 0 Å². The molecule has 98 valence electrons. The second-order valence-electron chi connectivity index (χ2n) is 5.68. The molecule has 0 amide bonds. The number of ether oxygens (including phenoxy) is 1. The Hall–Kier alpha value is -1.82. The molecule has 0 heterocycles. The summed E-state index contributed by atoms with van der Waals surface area (Å²) in [6.07, 6.45) is 5.21. The first-order chi connectivity index (χ1) is 9.24. The zero-order valence-corrected chi connectivity index (χ0v) is 10.9. The van der Waals surface area contributed by atoms with Gasteiger partial charge in [-0.15, -0.1) is 0 Å². The molecule has 0 unspecified atom stereocenters. The molecule has 1 aromatic rings. The number of nitrogens with zero attached hydrogens (tertiary/aromatic N) is 1. The zero-order valence-electron chi connectivity index (χ0n) is 10.9. The van der Waals surface area contributed by atoms with Crippen LogP contribution in [0.5, 0.6) is 5.75 Å². The van der Waals surface area contributed by atoms with E-state index in [0.717, 1.165) is 42.6 Å². The summed E-state index contributed by atoms with van der Waals surface area (Å²) >= 11 is 0. The Bertz CT molecular complexity index is 552. The minimum atomic E-state index is 0.0795. The van der Waals surface area contributed by atoms with Crippen LogP contribution >= 0.6 is 0 Å². The van der Waals surface area contributed by atoms with E-state index in [1.807, 2.05) is 18.2 Å². The predicted octanol–water partition coefficient (Wildman–Crippen LogP) is 3.28. The van der Waals surface area contributed by atoms with Crippen molar-refractivity contribution in [3.63, 3.8) is 0 Å². The van der Waals surface area contributed by atoms with Crippen LogP contribution in [0.3, 0.4) is 0 Å². The van der Waals surface area contributed by atoms with Crippen LogP contribution in [-0.4, -0.2) is 12.4 Å². The largest absolute Gasteiger partial charge is 0.493 e. The first-order valence-corrected chi connectivity index (χ1v) is 6.89. The molecule has 2 aliphatic rings. The van der Waals surface area contributed by atoms with E-state index in [1.165, 1.54) is 0 Å². The van der Waals surface area contributed by atoms with Crippen molar-refractivity contribution in [3.05, 3.63) is 29.3 Å². The molecule has 0 atom stereocenters. The monoisotopic (exact) mass is 255 g/mol. The molecule has 0 bridgehead atoms. The number of hydrogen-bond acceptors (Lipinski definition) is 3. The quantitative estimate of drug-likeness (QED) is 0.829. The lowest BCUT2D eigenvalue weighted by Gasteiger charge is -2.20. The smallest absolute Gasteiger partial charge is 0.163 e. The maximum atomic E-state index is 11.9. The molecule has 2 aliphatic carbocycles. The van der Waals surface area contributed by atoms with Crippen molar-refractivity contribution in [1.82, 2.24) is 0 Å². The van der Waals surface area contributed by atoms with E-state index in [9.17, 15) is 4.79 Å². The van der Waals surface area contributed by atoms with Gasteiger partial charge in [-0.2, -0.15) is 5.26 Å². The van der Waals surface area contributed by atoms with Gasteiger partial charge in [0, 0.05) is 29.4 Å². The highest BCUT2D eigenvalue weighted by molar-refractivity contribution is 5.99. The molecule has 1 aromatic carbocycles. The Labute approximate surface area is 113 Å². The molecule has 0 spiro atoms. The van der Waals surface area contributed by atoms with Gasteiger partial charge in [-0.1, -0.05) is 12.1 Å². The van der Waals surface area contributed by atoms with Crippen LogP contribution in [0.1, 0.15) is 48.0 Å². The summed E-state index contributed by atoms with van der Waals surface area (Å²) in [5.41, 5.74) is 1.97. The van der Waals surface area contributed by atoms with Gasteiger partial charge in [0.15, 0.2) is 5.78 Å². The highest BCUT2D eigenvalue weighted by Crippen LogP contribution is 2.49. The number of carbonyl (C=O) groups is 1. The Morgan fingerprint density at radius 2 is 2.16 bits per heavy atom. The van der Waals surface area contributed by atoms with Crippen molar-refractivity contribution >= 4 is 5.78 Å². The maximum absolute atomic E-state index is 11.9. The number of carbonyl (C=O) groups excluding carboxylic acids is 1. The van der Waals surface area contributed by atoms with Gasteiger partial charge in [0.05, 0.1) is 12.7 Å². The number of Topliss-reactive ketones (excluding diaryl/α,β-unsaturated/α-hetero) is 1. The molecule has 3 heteroatoms. The van der Waals surface area contributed by atoms with Gasteiger partial charge in [-0.3, -0.25) is 4.79 Å². The van der Waals surface area contributed by atoms with Gasteiger partial charge in [0.2, 0.25) is 0 Å². The number of hydrogen-bond donors (Lipinski definition) is 0. The van der Waals surface area contributed by atoms with Crippen LogP contribution < -0.4 is 4.74 Å². The number of benzene rings is 1. The number of nitriles is 1. The molecular formula is C16H17NO2.